The van der Waals surface area contributed by atoms with Gasteiger partial charge in [0, 0.05) is 32.8 Å². The Bertz CT molecular complexity index is 850. The minimum Gasteiger partial charge on any atom is -0.371 e. The molecule has 1 N–H and O–H groups in total. The highest BCUT2D eigenvalue weighted by Gasteiger charge is 2.54. The Morgan fingerprint density at radius 3 is 2.63 bits per heavy atom. The molecule has 1 heterocycles. The number of anilines is 1. The summed E-state index contributed by atoms with van der Waals surface area (Å²) in [6.07, 6.45) is 12.0. The number of benzene rings is 1. The van der Waals surface area contributed by atoms with Gasteiger partial charge in [0.1, 0.15) is 0 Å². The minimum atomic E-state index is -0.0327. The fourth-order valence-electron chi connectivity index (χ4n) is 4.45. The summed E-state index contributed by atoms with van der Waals surface area (Å²) in [6.45, 7) is 15.6. The fraction of sp³-hybridized carbons (Fsp3) is 0.444. The summed E-state index contributed by atoms with van der Waals surface area (Å²) in [5.74, 6) is 2.29. The molecule has 1 aliphatic carbocycles. The molecule has 1 saturated heterocycles. The van der Waals surface area contributed by atoms with Crippen molar-refractivity contribution in [3.8, 4) is 0 Å². The first-order valence-electron chi connectivity index (χ1n) is 11.1. The molecular formula is C27H38N2O. The summed E-state index contributed by atoms with van der Waals surface area (Å²) >= 11 is 0. The number of hydrogen-bond donors (Lipinski definition) is 1. The molecule has 1 aromatic rings. The molecule has 1 amide bonds. The molecule has 1 aromatic carbocycles. The van der Waals surface area contributed by atoms with E-state index in [1.807, 2.05) is 25.2 Å². The predicted octanol–water partition coefficient (Wildman–Crippen LogP) is 5.66. The van der Waals surface area contributed by atoms with E-state index in [2.05, 4.69) is 61.8 Å². The molecule has 1 aliphatic heterocycles. The Kier molecular flexibility index (Phi) is 7.02. The summed E-state index contributed by atoms with van der Waals surface area (Å²) in [6, 6.07) is 9.01. The standard InChI is InChI=1S/C27H36N2O.H2/c1-6-8-10-20(7-2)13-14-26(30)28-16-15-23-24-18-29(19-25(23)24)22-12-9-11-21(17-22)27(3,4)5;/h6-14,17,23-25H,2,15-16,18-19H2,1,3-5H3,(H,28,30);1H/b8-6-,14-13+,20-10+;/t23?,24-,25+;. The zero-order valence-electron chi connectivity index (χ0n) is 18.9. The quantitative estimate of drug-likeness (QED) is 0.446. The van der Waals surface area contributed by atoms with Gasteiger partial charge >= 0.3 is 0 Å². The van der Waals surface area contributed by atoms with Crippen LogP contribution >= 0.6 is 0 Å². The third kappa shape index (κ3) is 5.53. The minimum absolute atomic E-state index is 0. The van der Waals surface area contributed by atoms with Gasteiger partial charge in [0.25, 0.3) is 0 Å². The van der Waals surface area contributed by atoms with Crippen LogP contribution in [-0.4, -0.2) is 25.5 Å². The highest BCUT2D eigenvalue weighted by atomic mass is 16.1. The van der Waals surface area contributed by atoms with E-state index in [0.29, 0.717) is 0 Å². The maximum absolute atomic E-state index is 12.0. The van der Waals surface area contributed by atoms with E-state index in [0.717, 1.165) is 49.4 Å². The normalized spacial score (nSPS) is 23.8. The molecule has 2 aliphatic rings. The summed E-state index contributed by atoms with van der Waals surface area (Å²) in [7, 11) is 0. The first-order valence-corrected chi connectivity index (χ1v) is 11.1. The molecule has 3 heteroatoms. The van der Waals surface area contributed by atoms with Gasteiger partial charge in [-0.25, -0.2) is 0 Å². The summed E-state index contributed by atoms with van der Waals surface area (Å²) in [5, 5.41) is 3.03. The maximum Gasteiger partial charge on any atom is 0.243 e. The van der Waals surface area contributed by atoms with Crippen LogP contribution in [0.4, 0.5) is 5.69 Å². The number of amides is 1. The van der Waals surface area contributed by atoms with Gasteiger partial charge in [-0.05, 0) is 65.9 Å². The number of hydrogen-bond acceptors (Lipinski definition) is 2. The zero-order valence-corrected chi connectivity index (χ0v) is 18.9. The Labute approximate surface area is 183 Å². The van der Waals surface area contributed by atoms with Crippen molar-refractivity contribution in [1.82, 2.24) is 5.32 Å². The van der Waals surface area contributed by atoms with Gasteiger partial charge in [-0.15, -0.1) is 0 Å². The van der Waals surface area contributed by atoms with Crippen molar-refractivity contribution in [2.24, 2.45) is 17.8 Å². The van der Waals surface area contributed by atoms with Crippen LogP contribution in [0.15, 0.2) is 72.9 Å². The van der Waals surface area contributed by atoms with Crippen LogP contribution in [0.25, 0.3) is 0 Å². The summed E-state index contributed by atoms with van der Waals surface area (Å²) in [5.41, 5.74) is 3.86. The lowest BCUT2D eigenvalue weighted by molar-refractivity contribution is -0.116. The van der Waals surface area contributed by atoms with Crippen molar-refractivity contribution in [3.05, 3.63) is 78.4 Å². The lowest BCUT2D eigenvalue weighted by Crippen LogP contribution is -2.27. The van der Waals surface area contributed by atoms with E-state index >= 15 is 0 Å². The average molecular weight is 407 g/mol. The number of carbonyl (C=O) groups is 1. The van der Waals surface area contributed by atoms with Crippen molar-refractivity contribution in [2.45, 2.75) is 39.5 Å². The van der Waals surface area contributed by atoms with Gasteiger partial charge in [-0.2, -0.15) is 0 Å². The van der Waals surface area contributed by atoms with E-state index in [4.69, 9.17) is 0 Å². The van der Waals surface area contributed by atoms with Crippen LogP contribution in [0.5, 0.6) is 0 Å². The second-order valence-corrected chi connectivity index (χ2v) is 9.51. The van der Waals surface area contributed by atoms with E-state index in [9.17, 15) is 4.79 Å². The highest BCUT2D eigenvalue weighted by Crippen LogP contribution is 2.54. The Morgan fingerprint density at radius 2 is 2.00 bits per heavy atom. The highest BCUT2D eigenvalue weighted by molar-refractivity contribution is 5.88. The monoisotopic (exact) mass is 406 g/mol. The number of fused-ring (bicyclic) bond motifs is 1. The first-order chi connectivity index (χ1) is 14.3. The second kappa shape index (κ2) is 9.51. The van der Waals surface area contributed by atoms with Crippen LogP contribution in [0, 0.1) is 17.8 Å². The third-order valence-corrected chi connectivity index (χ3v) is 6.37. The molecule has 0 bridgehead atoms. The number of nitrogens with one attached hydrogen (secondary N) is 1. The molecule has 1 unspecified atom stereocenters. The zero-order chi connectivity index (χ0) is 21.7. The number of rotatable bonds is 8. The van der Waals surface area contributed by atoms with Gasteiger partial charge in [-0.1, -0.05) is 63.8 Å². The average Bonchev–Trinajstić information content (AvgIpc) is 3.16. The Hall–Kier alpha value is -2.55. The van der Waals surface area contributed by atoms with Gasteiger partial charge < -0.3 is 10.2 Å². The molecule has 0 spiro atoms. The van der Waals surface area contributed by atoms with E-state index in [1.54, 1.807) is 18.2 Å². The van der Waals surface area contributed by atoms with Crippen molar-refractivity contribution < 1.29 is 6.22 Å². The van der Waals surface area contributed by atoms with Crippen LogP contribution < -0.4 is 10.2 Å². The largest absolute Gasteiger partial charge is 0.371 e. The first kappa shape index (κ1) is 22.1. The van der Waals surface area contributed by atoms with Crippen LogP contribution in [-0.2, 0) is 10.2 Å². The molecule has 3 atom stereocenters. The Morgan fingerprint density at radius 1 is 1.27 bits per heavy atom. The molecule has 30 heavy (non-hydrogen) atoms. The molecular weight excluding hydrogens is 368 g/mol. The van der Waals surface area contributed by atoms with E-state index in [1.165, 1.54) is 11.3 Å². The van der Waals surface area contributed by atoms with Crippen molar-refractivity contribution in [3.63, 3.8) is 0 Å². The van der Waals surface area contributed by atoms with Crippen molar-refractivity contribution in [2.75, 3.05) is 24.5 Å². The summed E-state index contributed by atoms with van der Waals surface area (Å²) < 4.78 is 0. The fourth-order valence-corrected chi connectivity index (χ4v) is 4.45. The SMILES string of the molecule is C=CC(/C=C/C(=O)NCCC1[C@H]2CN(c3cccc(C(C)(C)C)c3)C[C@@H]12)=C\C=C/C.[HH]. The van der Waals surface area contributed by atoms with Crippen LogP contribution in [0.2, 0.25) is 0 Å². The summed E-state index contributed by atoms with van der Waals surface area (Å²) in [4.78, 5) is 14.6. The maximum atomic E-state index is 12.0. The number of carbonyl (C=O) groups excluding carboxylic acids is 1. The van der Waals surface area contributed by atoms with Crippen molar-refractivity contribution >= 4 is 11.6 Å². The third-order valence-electron chi connectivity index (χ3n) is 6.37. The van der Waals surface area contributed by atoms with Gasteiger partial charge in [-0.3, -0.25) is 4.79 Å². The predicted molar refractivity (Wildman–Crippen MR) is 130 cm³/mol. The Balaban J connectivity index is 0.00000341. The van der Waals surface area contributed by atoms with Crippen LogP contribution in [0.3, 0.4) is 0 Å². The molecule has 0 aromatic heterocycles. The van der Waals surface area contributed by atoms with Crippen LogP contribution in [0.1, 0.15) is 41.1 Å². The molecule has 162 valence electrons. The molecule has 2 fully saturated rings. The van der Waals surface area contributed by atoms with Gasteiger partial charge in [0.15, 0.2) is 0 Å². The van der Waals surface area contributed by atoms with E-state index < -0.39 is 0 Å². The van der Waals surface area contributed by atoms with Gasteiger partial charge in [0.05, 0.1) is 0 Å². The molecule has 3 rings (SSSR count). The number of nitrogens with zero attached hydrogens (tertiary/aromatic N) is 1. The van der Waals surface area contributed by atoms with Gasteiger partial charge in [0.2, 0.25) is 5.91 Å². The number of allylic oxidation sites excluding steroid dienone is 6. The lowest BCUT2D eigenvalue weighted by Gasteiger charge is -2.25. The number of piperidine rings is 1. The lowest BCUT2D eigenvalue weighted by atomic mass is 9.87. The van der Waals surface area contributed by atoms with E-state index in [-0.39, 0.29) is 12.7 Å². The molecule has 0 radical (unpaired) electrons. The smallest absolute Gasteiger partial charge is 0.243 e. The molecule has 1 saturated carbocycles. The molecule has 3 nitrogen and oxygen atoms in total. The topological polar surface area (TPSA) is 32.3 Å². The van der Waals surface area contributed by atoms with Crippen molar-refractivity contribution in [1.29, 1.82) is 0 Å². The second-order valence-electron chi connectivity index (χ2n) is 9.51.